The van der Waals surface area contributed by atoms with Crippen LogP contribution >= 0.6 is 0 Å². The van der Waals surface area contributed by atoms with E-state index in [2.05, 4.69) is 5.16 Å². The zero-order chi connectivity index (χ0) is 18.0. The third kappa shape index (κ3) is 2.96. The van der Waals surface area contributed by atoms with Crippen LogP contribution in [0.5, 0.6) is 0 Å². The van der Waals surface area contributed by atoms with Gasteiger partial charge in [-0.15, -0.1) is 0 Å². The SMILES string of the molecule is CCC1(CC)CC(=NO)CC(C)(C)[N+]1([O-])OC(C)c1ccccc1. The molecule has 134 valence electrons. The van der Waals surface area contributed by atoms with Gasteiger partial charge in [0, 0.05) is 25.7 Å². The van der Waals surface area contributed by atoms with Crippen molar-refractivity contribution in [2.75, 3.05) is 0 Å². The molecule has 0 bridgehead atoms. The predicted molar refractivity (Wildman–Crippen MR) is 95.4 cm³/mol. The maximum absolute atomic E-state index is 14.1. The van der Waals surface area contributed by atoms with Crippen molar-refractivity contribution in [3.63, 3.8) is 0 Å². The van der Waals surface area contributed by atoms with Gasteiger partial charge in [-0.1, -0.05) is 49.3 Å². The molecule has 2 rings (SSSR count). The minimum absolute atomic E-state index is 0.312. The number of quaternary nitrogens is 1. The monoisotopic (exact) mass is 334 g/mol. The first-order chi connectivity index (χ1) is 11.2. The summed E-state index contributed by atoms with van der Waals surface area (Å²) >= 11 is 0. The molecule has 0 saturated carbocycles. The minimum Gasteiger partial charge on any atom is -0.597 e. The fourth-order valence-corrected chi connectivity index (χ4v) is 4.04. The highest BCUT2D eigenvalue weighted by molar-refractivity contribution is 5.86. The smallest absolute Gasteiger partial charge is 0.139 e. The maximum Gasteiger partial charge on any atom is 0.139 e. The summed E-state index contributed by atoms with van der Waals surface area (Å²) in [6, 6.07) is 9.82. The van der Waals surface area contributed by atoms with Crippen LogP contribution in [0, 0.1) is 5.21 Å². The molecule has 0 radical (unpaired) electrons. The summed E-state index contributed by atoms with van der Waals surface area (Å²) < 4.78 is 0. The molecule has 24 heavy (non-hydrogen) atoms. The molecule has 1 heterocycles. The van der Waals surface area contributed by atoms with Crippen LogP contribution in [0.4, 0.5) is 0 Å². The molecular weight excluding hydrogens is 304 g/mol. The Balaban J connectivity index is 2.44. The van der Waals surface area contributed by atoms with E-state index in [9.17, 15) is 10.4 Å². The van der Waals surface area contributed by atoms with Gasteiger partial charge in [0.05, 0.1) is 5.71 Å². The molecule has 2 unspecified atom stereocenters. The number of benzene rings is 1. The summed E-state index contributed by atoms with van der Waals surface area (Å²) in [6.45, 7) is 9.77. The van der Waals surface area contributed by atoms with Crippen molar-refractivity contribution in [1.82, 2.24) is 0 Å². The number of hydrogen-bond acceptors (Lipinski definition) is 4. The molecule has 0 spiro atoms. The molecule has 5 nitrogen and oxygen atoms in total. The highest BCUT2D eigenvalue weighted by atomic mass is 16.9. The Kier molecular flexibility index (Phi) is 5.37. The van der Waals surface area contributed by atoms with Crippen LogP contribution in [0.2, 0.25) is 0 Å². The first-order valence-electron chi connectivity index (χ1n) is 8.78. The Bertz CT molecular complexity index is 582. The Labute approximate surface area is 145 Å². The second-order valence-electron chi connectivity index (χ2n) is 7.47. The topological polar surface area (TPSA) is 64.9 Å². The van der Waals surface area contributed by atoms with E-state index in [0.717, 1.165) is 5.56 Å². The van der Waals surface area contributed by atoms with E-state index in [4.69, 9.17) is 4.84 Å². The molecule has 1 fully saturated rings. The van der Waals surface area contributed by atoms with E-state index in [1.165, 1.54) is 0 Å². The Morgan fingerprint density at radius 2 is 1.79 bits per heavy atom. The summed E-state index contributed by atoms with van der Waals surface area (Å²) in [4.78, 5) is 5.50. The summed E-state index contributed by atoms with van der Waals surface area (Å²) in [5.41, 5.74) is 0.301. The van der Waals surface area contributed by atoms with E-state index in [1.807, 2.05) is 65.0 Å². The van der Waals surface area contributed by atoms with Crippen molar-refractivity contribution in [1.29, 1.82) is 0 Å². The fourth-order valence-electron chi connectivity index (χ4n) is 4.04. The first-order valence-corrected chi connectivity index (χ1v) is 8.78. The van der Waals surface area contributed by atoms with E-state index in [-0.39, 0.29) is 6.10 Å². The number of rotatable bonds is 5. The second kappa shape index (κ2) is 6.82. The van der Waals surface area contributed by atoms with Crippen molar-refractivity contribution in [2.45, 2.75) is 77.5 Å². The molecular formula is C19H30N2O3. The van der Waals surface area contributed by atoms with Crippen molar-refractivity contribution in [2.24, 2.45) is 5.16 Å². The van der Waals surface area contributed by atoms with E-state index >= 15 is 0 Å². The number of piperidine rings is 1. The molecule has 2 atom stereocenters. The summed E-state index contributed by atoms with van der Waals surface area (Å²) in [7, 11) is 0. The quantitative estimate of drug-likeness (QED) is 0.358. The Morgan fingerprint density at radius 1 is 1.21 bits per heavy atom. The Hall–Kier alpha value is -1.43. The molecule has 1 aliphatic rings. The maximum atomic E-state index is 14.1. The zero-order valence-corrected chi connectivity index (χ0v) is 15.5. The third-order valence-corrected chi connectivity index (χ3v) is 5.62. The van der Waals surface area contributed by atoms with Gasteiger partial charge < -0.3 is 10.4 Å². The van der Waals surface area contributed by atoms with Crippen LogP contribution in [0.15, 0.2) is 35.5 Å². The predicted octanol–water partition coefficient (Wildman–Crippen LogP) is 4.96. The first kappa shape index (κ1) is 18.9. The highest BCUT2D eigenvalue weighted by Crippen LogP contribution is 2.49. The van der Waals surface area contributed by atoms with Crippen molar-refractivity contribution in [3.8, 4) is 0 Å². The van der Waals surface area contributed by atoms with E-state index in [1.54, 1.807) is 0 Å². The van der Waals surface area contributed by atoms with Crippen LogP contribution in [-0.4, -0.2) is 26.8 Å². The van der Waals surface area contributed by atoms with Gasteiger partial charge in [-0.25, -0.2) is 4.81 Å². The molecule has 0 amide bonds. The normalized spacial score (nSPS) is 28.7. The lowest BCUT2D eigenvalue weighted by Crippen LogP contribution is -2.73. The summed E-state index contributed by atoms with van der Waals surface area (Å²) in [5, 5.41) is 26.9. The minimum atomic E-state index is -0.727. The van der Waals surface area contributed by atoms with Crippen molar-refractivity contribution in [3.05, 3.63) is 41.1 Å². The van der Waals surface area contributed by atoms with E-state index < -0.39 is 15.9 Å². The third-order valence-electron chi connectivity index (χ3n) is 5.62. The van der Waals surface area contributed by atoms with Crippen LogP contribution in [-0.2, 0) is 4.84 Å². The van der Waals surface area contributed by atoms with Crippen LogP contribution in [0.3, 0.4) is 0 Å². The number of oxime groups is 1. The number of nitrogens with zero attached hydrogens (tertiary/aromatic N) is 2. The molecule has 1 N–H and O–H groups in total. The summed E-state index contributed by atoms with van der Waals surface area (Å²) in [5.74, 6) is 0. The molecule has 1 aliphatic heterocycles. The van der Waals surface area contributed by atoms with Gasteiger partial charge in [0.15, 0.2) is 0 Å². The van der Waals surface area contributed by atoms with Gasteiger partial charge in [0.1, 0.15) is 17.2 Å². The molecule has 1 saturated heterocycles. The molecule has 1 aromatic carbocycles. The molecule has 0 aromatic heterocycles. The fraction of sp³-hybridized carbons (Fsp3) is 0.632. The second-order valence-corrected chi connectivity index (χ2v) is 7.47. The number of hydroxylamine groups is 4. The van der Waals surface area contributed by atoms with Gasteiger partial charge in [-0.3, -0.25) is 0 Å². The average Bonchev–Trinajstić information content (AvgIpc) is 2.58. The lowest BCUT2D eigenvalue weighted by molar-refractivity contribution is -1.15. The lowest BCUT2D eigenvalue weighted by atomic mass is 9.75. The van der Waals surface area contributed by atoms with Crippen molar-refractivity contribution >= 4 is 5.71 Å². The van der Waals surface area contributed by atoms with Gasteiger partial charge >= 0.3 is 0 Å². The molecule has 1 aromatic rings. The lowest BCUT2D eigenvalue weighted by Gasteiger charge is -2.63. The van der Waals surface area contributed by atoms with E-state index in [0.29, 0.717) is 31.4 Å². The Morgan fingerprint density at radius 3 is 2.29 bits per heavy atom. The summed E-state index contributed by atoms with van der Waals surface area (Å²) in [6.07, 6.45) is 1.91. The van der Waals surface area contributed by atoms with Crippen LogP contribution in [0.1, 0.15) is 72.0 Å². The highest BCUT2D eigenvalue weighted by Gasteiger charge is 2.59. The molecule has 5 heteroatoms. The number of hydrogen-bond donors (Lipinski definition) is 1. The standard InChI is InChI=1S/C19H30N2O3/c1-6-19(7-2)14-17(20-22)13-18(4,5)21(19,23)24-15(3)16-11-9-8-10-12-16/h8-12,15,22H,6-7,13-14H2,1-5H3. The van der Waals surface area contributed by atoms with Gasteiger partial charge in [0.2, 0.25) is 0 Å². The van der Waals surface area contributed by atoms with Gasteiger partial charge in [-0.2, -0.15) is 4.84 Å². The van der Waals surface area contributed by atoms with Crippen LogP contribution in [0.25, 0.3) is 0 Å². The van der Waals surface area contributed by atoms with Gasteiger partial charge in [0.25, 0.3) is 0 Å². The van der Waals surface area contributed by atoms with Crippen LogP contribution < -0.4 is 0 Å². The zero-order valence-electron chi connectivity index (χ0n) is 15.5. The van der Waals surface area contributed by atoms with Gasteiger partial charge in [-0.05, 0) is 26.3 Å². The average molecular weight is 334 g/mol. The largest absolute Gasteiger partial charge is 0.597 e. The van der Waals surface area contributed by atoms with Crippen molar-refractivity contribution < 1.29 is 14.9 Å². The molecule has 0 aliphatic carbocycles.